The van der Waals surface area contributed by atoms with E-state index in [-0.39, 0.29) is 18.8 Å². The van der Waals surface area contributed by atoms with Gasteiger partial charge in [0.1, 0.15) is 0 Å². The predicted octanol–water partition coefficient (Wildman–Crippen LogP) is 0.00670. The van der Waals surface area contributed by atoms with Crippen LogP contribution in [0.4, 0.5) is 0 Å². The van der Waals surface area contributed by atoms with Gasteiger partial charge in [0.05, 0.1) is 24.4 Å². The van der Waals surface area contributed by atoms with Crippen molar-refractivity contribution in [3.05, 3.63) is 11.9 Å². The fraction of sp³-hybridized carbons (Fsp3) is 0.700. The van der Waals surface area contributed by atoms with E-state index in [4.69, 9.17) is 15.6 Å². The summed E-state index contributed by atoms with van der Waals surface area (Å²) in [6, 6.07) is 0. The lowest BCUT2D eigenvalue weighted by Gasteiger charge is -2.23. The molecule has 0 spiro atoms. The average Bonchev–Trinajstić information content (AvgIpc) is 2.62. The third-order valence-corrected chi connectivity index (χ3v) is 2.34. The average molecular weight is 242 g/mol. The van der Waals surface area contributed by atoms with Gasteiger partial charge in [-0.1, -0.05) is 5.21 Å². The van der Waals surface area contributed by atoms with Crippen LogP contribution in [0.2, 0.25) is 0 Å². The Morgan fingerprint density at radius 3 is 2.94 bits per heavy atom. The van der Waals surface area contributed by atoms with E-state index in [9.17, 15) is 4.79 Å². The summed E-state index contributed by atoms with van der Waals surface area (Å²) in [4.78, 5) is 10.5. The molecule has 1 rings (SSSR count). The molecular weight excluding hydrogens is 224 g/mol. The minimum absolute atomic E-state index is 0.108. The van der Waals surface area contributed by atoms with Gasteiger partial charge in [-0.3, -0.25) is 9.48 Å². The highest BCUT2D eigenvalue weighted by Gasteiger charge is 2.18. The minimum Gasteiger partial charge on any atom is -0.481 e. The van der Waals surface area contributed by atoms with E-state index < -0.39 is 5.97 Å². The van der Waals surface area contributed by atoms with Crippen molar-refractivity contribution in [1.29, 1.82) is 0 Å². The summed E-state index contributed by atoms with van der Waals surface area (Å²) in [5, 5.41) is 16.2. The van der Waals surface area contributed by atoms with Gasteiger partial charge in [0, 0.05) is 12.7 Å². The first-order valence-electron chi connectivity index (χ1n) is 5.38. The van der Waals surface area contributed by atoms with Gasteiger partial charge < -0.3 is 15.6 Å². The summed E-state index contributed by atoms with van der Waals surface area (Å²) in [7, 11) is 0. The third kappa shape index (κ3) is 4.92. The van der Waals surface area contributed by atoms with Gasteiger partial charge in [-0.2, -0.15) is 0 Å². The second kappa shape index (κ2) is 5.74. The highest BCUT2D eigenvalue weighted by atomic mass is 16.5. The first kappa shape index (κ1) is 13.6. The number of ether oxygens (including phenoxy) is 1. The summed E-state index contributed by atoms with van der Waals surface area (Å²) in [5.41, 5.74) is 5.45. The van der Waals surface area contributed by atoms with Crippen LogP contribution in [0.3, 0.4) is 0 Å². The lowest BCUT2D eigenvalue weighted by Crippen LogP contribution is -2.29. The minimum atomic E-state index is -0.913. The number of hydrogen-bond donors (Lipinski definition) is 2. The van der Waals surface area contributed by atoms with Gasteiger partial charge in [-0.25, -0.2) is 0 Å². The molecule has 1 aromatic rings. The van der Waals surface area contributed by atoms with Crippen molar-refractivity contribution < 1.29 is 14.6 Å². The number of carboxylic acids is 1. The summed E-state index contributed by atoms with van der Waals surface area (Å²) >= 11 is 0. The molecule has 0 bridgehead atoms. The molecule has 0 aromatic carbocycles. The smallest absolute Gasteiger partial charge is 0.309 e. The number of hydrogen-bond acceptors (Lipinski definition) is 5. The molecule has 7 nitrogen and oxygen atoms in total. The van der Waals surface area contributed by atoms with Crippen molar-refractivity contribution in [3.63, 3.8) is 0 Å². The molecule has 0 aliphatic heterocycles. The quantitative estimate of drug-likeness (QED) is 0.653. The second-order valence-corrected chi connectivity index (χ2v) is 4.36. The van der Waals surface area contributed by atoms with Crippen LogP contribution >= 0.6 is 0 Å². The van der Waals surface area contributed by atoms with Gasteiger partial charge in [0.15, 0.2) is 0 Å². The molecule has 7 heteroatoms. The maximum Gasteiger partial charge on any atom is 0.309 e. The molecule has 0 atom stereocenters. The van der Waals surface area contributed by atoms with Gasteiger partial charge in [0.2, 0.25) is 0 Å². The monoisotopic (exact) mass is 242 g/mol. The van der Waals surface area contributed by atoms with Crippen molar-refractivity contribution in [1.82, 2.24) is 15.0 Å². The number of aliphatic carboxylic acids is 1. The van der Waals surface area contributed by atoms with Gasteiger partial charge in [0.25, 0.3) is 0 Å². The summed E-state index contributed by atoms with van der Waals surface area (Å²) < 4.78 is 6.96. The summed E-state index contributed by atoms with van der Waals surface area (Å²) in [6.07, 6.45) is 2.25. The molecule has 3 N–H and O–H groups in total. The first-order chi connectivity index (χ1) is 7.93. The Labute approximate surface area is 99.6 Å². The standard InChI is InChI=1S/C10H18N4O3/c1-10(2,17-7-11)3-4-14-6-8(12-13-14)5-9(15)16/h6H,3-5,7,11H2,1-2H3,(H,15,16). The van der Waals surface area contributed by atoms with Gasteiger partial charge >= 0.3 is 5.97 Å². The number of carboxylic acid groups (broad SMARTS) is 1. The Hall–Kier alpha value is -1.47. The molecular formula is C10H18N4O3. The fourth-order valence-electron chi connectivity index (χ4n) is 1.37. The fourth-order valence-corrected chi connectivity index (χ4v) is 1.37. The molecule has 0 aliphatic rings. The molecule has 0 fully saturated rings. The number of aromatic nitrogens is 3. The molecule has 1 heterocycles. The van der Waals surface area contributed by atoms with Crippen LogP contribution in [0.5, 0.6) is 0 Å². The normalized spacial score (nSPS) is 11.7. The molecule has 0 aliphatic carbocycles. The van der Waals surface area contributed by atoms with Gasteiger partial charge in [-0.15, -0.1) is 5.10 Å². The predicted molar refractivity (Wildman–Crippen MR) is 60.2 cm³/mol. The Kier molecular flexibility index (Phi) is 4.59. The Morgan fingerprint density at radius 2 is 2.35 bits per heavy atom. The van der Waals surface area contributed by atoms with E-state index in [1.54, 1.807) is 10.9 Å². The third-order valence-electron chi connectivity index (χ3n) is 2.34. The van der Waals surface area contributed by atoms with Crippen LogP contribution in [-0.2, 0) is 22.5 Å². The zero-order valence-electron chi connectivity index (χ0n) is 10.1. The molecule has 0 amide bonds. The zero-order chi connectivity index (χ0) is 12.9. The number of nitrogens with zero attached hydrogens (tertiary/aromatic N) is 3. The van der Waals surface area contributed by atoms with Crippen molar-refractivity contribution in [2.75, 3.05) is 6.73 Å². The lowest BCUT2D eigenvalue weighted by atomic mass is 10.1. The molecule has 0 radical (unpaired) electrons. The molecule has 96 valence electrons. The molecule has 17 heavy (non-hydrogen) atoms. The van der Waals surface area contributed by atoms with E-state index in [1.807, 2.05) is 13.8 Å². The van der Waals surface area contributed by atoms with Crippen LogP contribution in [0, 0.1) is 0 Å². The molecule has 1 aromatic heterocycles. The van der Waals surface area contributed by atoms with E-state index >= 15 is 0 Å². The van der Waals surface area contributed by atoms with E-state index in [2.05, 4.69) is 10.3 Å². The Balaban J connectivity index is 2.47. The van der Waals surface area contributed by atoms with Crippen LogP contribution in [0.1, 0.15) is 26.0 Å². The lowest BCUT2D eigenvalue weighted by molar-refractivity contribution is -0.136. The molecule has 0 saturated carbocycles. The summed E-state index contributed by atoms with van der Waals surface area (Å²) in [5.74, 6) is -0.913. The summed E-state index contributed by atoms with van der Waals surface area (Å²) in [6.45, 7) is 4.66. The number of carbonyl (C=O) groups is 1. The van der Waals surface area contributed by atoms with Crippen LogP contribution in [-0.4, -0.2) is 38.4 Å². The van der Waals surface area contributed by atoms with Crippen molar-refractivity contribution in [2.24, 2.45) is 5.73 Å². The SMILES string of the molecule is CC(C)(CCn1cc(CC(=O)O)nn1)OCN. The van der Waals surface area contributed by atoms with Crippen LogP contribution in [0.25, 0.3) is 0 Å². The number of aryl methyl sites for hydroxylation is 1. The Morgan fingerprint density at radius 1 is 1.65 bits per heavy atom. The van der Waals surface area contributed by atoms with Crippen molar-refractivity contribution in [3.8, 4) is 0 Å². The van der Waals surface area contributed by atoms with E-state index in [0.717, 1.165) is 6.42 Å². The molecule has 0 unspecified atom stereocenters. The zero-order valence-corrected chi connectivity index (χ0v) is 10.1. The highest BCUT2D eigenvalue weighted by molar-refractivity contribution is 5.69. The van der Waals surface area contributed by atoms with Crippen molar-refractivity contribution in [2.45, 2.75) is 38.8 Å². The van der Waals surface area contributed by atoms with Crippen molar-refractivity contribution >= 4 is 5.97 Å². The Bertz CT molecular complexity index is 375. The maximum absolute atomic E-state index is 10.5. The van der Waals surface area contributed by atoms with Gasteiger partial charge in [-0.05, 0) is 20.3 Å². The van der Waals surface area contributed by atoms with E-state index in [1.165, 1.54) is 0 Å². The topological polar surface area (TPSA) is 103 Å². The second-order valence-electron chi connectivity index (χ2n) is 4.36. The highest BCUT2D eigenvalue weighted by Crippen LogP contribution is 2.14. The van der Waals surface area contributed by atoms with Crippen LogP contribution in [0.15, 0.2) is 6.20 Å². The molecule has 0 saturated heterocycles. The first-order valence-corrected chi connectivity index (χ1v) is 5.38. The largest absolute Gasteiger partial charge is 0.481 e. The van der Waals surface area contributed by atoms with E-state index in [0.29, 0.717) is 12.2 Å². The number of nitrogens with two attached hydrogens (primary N) is 1. The number of rotatable bonds is 7. The maximum atomic E-state index is 10.5. The van der Waals surface area contributed by atoms with Crippen LogP contribution < -0.4 is 5.73 Å².